The summed E-state index contributed by atoms with van der Waals surface area (Å²) in [5, 5.41) is 7.59. The molecule has 2 fully saturated rings. The minimum Gasteiger partial charge on any atom is -0.357 e. The number of hydrogen-bond donors (Lipinski definition) is 2. The summed E-state index contributed by atoms with van der Waals surface area (Å²) < 4.78 is 0. The summed E-state index contributed by atoms with van der Waals surface area (Å²) >= 11 is 6.29. The maximum absolute atomic E-state index is 11.4. The van der Waals surface area contributed by atoms with Crippen LogP contribution in [0.25, 0.3) is 0 Å². The van der Waals surface area contributed by atoms with Crippen molar-refractivity contribution >= 4 is 29.3 Å². The van der Waals surface area contributed by atoms with Gasteiger partial charge in [-0.05, 0) is 25.5 Å². The van der Waals surface area contributed by atoms with Gasteiger partial charge in [0.1, 0.15) is 5.82 Å². The van der Waals surface area contributed by atoms with Crippen LogP contribution in [0.5, 0.6) is 0 Å². The minimum absolute atomic E-state index is 0.166. The Morgan fingerprint density at radius 3 is 2.79 bits per heavy atom. The fourth-order valence-electron chi connectivity index (χ4n) is 3.78. The van der Waals surface area contributed by atoms with Crippen LogP contribution in [0.15, 0.2) is 23.3 Å². The zero-order valence-corrected chi connectivity index (χ0v) is 18.2. The number of nitrogens with zero attached hydrogens (tertiary/aromatic N) is 5. The summed E-state index contributed by atoms with van der Waals surface area (Å²) in [5.74, 6) is 1.87. The molecular weight excluding hydrogens is 390 g/mol. The van der Waals surface area contributed by atoms with Crippen molar-refractivity contribution < 1.29 is 4.79 Å². The van der Waals surface area contributed by atoms with E-state index in [0.29, 0.717) is 11.1 Å². The highest BCUT2D eigenvalue weighted by atomic mass is 35.5. The van der Waals surface area contributed by atoms with Gasteiger partial charge in [-0.15, -0.1) is 0 Å². The molecule has 160 valence electrons. The number of nitrogens with one attached hydrogen (secondary N) is 2. The average Bonchev–Trinajstić information content (AvgIpc) is 3.17. The number of amides is 1. The molecule has 8 nitrogen and oxygen atoms in total. The molecular formula is C20H32ClN7O. The van der Waals surface area contributed by atoms with Gasteiger partial charge in [-0.1, -0.05) is 11.6 Å². The van der Waals surface area contributed by atoms with Crippen LogP contribution in [0.1, 0.15) is 20.3 Å². The Labute approximate surface area is 178 Å². The van der Waals surface area contributed by atoms with Crippen molar-refractivity contribution in [2.75, 3.05) is 63.8 Å². The van der Waals surface area contributed by atoms with Crippen LogP contribution in [0.2, 0.25) is 5.02 Å². The lowest BCUT2D eigenvalue weighted by molar-refractivity contribution is -0.130. The van der Waals surface area contributed by atoms with Crippen LogP contribution in [-0.4, -0.2) is 91.6 Å². The number of pyridine rings is 1. The Morgan fingerprint density at radius 2 is 2.10 bits per heavy atom. The molecule has 0 aliphatic carbocycles. The molecule has 0 radical (unpaired) electrons. The van der Waals surface area contributed by atoms with Crippen LogP contribution in [0.3, 0.4) is 0 Å². The Balaban J connectivity index is 1.46. The van der Waals surface area contributed by atoms with E-state index in [9.17, 15) is 4.79 Å². The third-order valence-electron chi connectivity index (χ3n) is 5.42. The van der Waals surface area contributed by atoms with Gasteiger partial charge >= 0.3 is 0 Å². The number of aromatic nitrogens is 1. The standard InChI is InChI=1S/C20H32ClN7O/c1-3-22-20(24-8-10-26-11-13-27(14-12-26)16(2)29)25-17-6-9-28(15-17)19-18(21)5-4-7-23-19/h4-5,7,17H,3,6,8-15H2,1-2H3,(H2,22,24,25). The zero-order chi connectivity index (χ0) is 20.6. The molecule has 29 heavy (non-hydrogen) atoms. The molecule has 3 heterocycles. The molecule has 2 aliphatic heterocycles. The second-order valence-corrected chi connectivity index (χ2v) is 7.90. The highest BCUT2D eigenvalue weighted by Gasteiger charge is 2.25. The van der Waals surface area contributed by atoms with Crippen LogP contribution in [-0.2, 0) is 4.79 Å². The van der Waals surface area contributed by atoms with E-state index in [0.717, 1.165) is 77.1 Å². The molecule has 9 heteroatoms. The van der Waals surface area contributed by atoms with E-state index in [1.165, 1.54) is 0 Å². The topological polar surface area (TPSA) is 76.1 Å². The molecule has 0 saturated carbocycles. The molecule has 1 unspecified atom stereocenters. The third kappa shape index (κ3) is 6.21. The number of hydrogen-bond acceptors (Lipinski definition) is 5. The molecule has 0 bridgehead atoms. The molecule has 0 spiro atoms. The highest BCUT2D eigenvalue weighted by Crippen LogP contribution is 2.25. The molecule has 1 amide bonds. The predicted octanol–water partition coefficient (Wildman–Crippen LogP) is 1.03. The normalized spacial score (nSPS) is 20.8. The summed E-state index contributed by atoms with van der Waals surface area (Å²) in [7, 11) is 0. The zero-order valence-electron chi connectivity index (χ0n) is 17.4. The number of rotatable bonds is 6. The van der Waals surface area contributed by atoms with Crippen molar-refractivity contribution in [2.24, 2.45) is 4.99 Å². The lowest BCUT2D eigenvalue weighted by atomic mass is 10.3. The van der Waals surface area contributed by atoms with E-state index in [2.05, 4.69) is 32.3 Å². The number of halogens is 1. The Morgan fingerprint density at radius 1 is 1.31 bits per heavy atom. The largest absolute Gasteiger partial charge is 0.357 e. The van der Waals surface area contributed by atoms with Gasteiger partial charge in [0.05, 0.1) is 11.6 Å². The van der Waals surface area contributed by atoms with E-state index < -0.39 is 0 Å². The van der Waals surface area contributed by atoms with Gasteiger partial charge in [-0.25, -0.2) is 4.98 Å². The fraction of sp³-hybridized carbons (Fsp3) is 0.650. The Kier molecular flexibility index (Phi) is 7.94. The van der Waals surface area contributed by atoms with Gasteiger partial charge in [0.15, 0.2) is 5.96 Å². The number of carbonyl (C=O) groups is 1. The van der Waals surface area contributed by atoms with Crippen LogP contribution < -0.4 is 15.5 Å². The van der Waals surface area contributed by atoms with Crippen molar-refractivity contribution in [1.82, 2.24) is 25.4 Å². The van der Waals surface area contributed by atoms with Gasteiger partial charge in [-0.2, -0.15) is 0 Å². The number of carbonyl (C=O) groups excluding carboxylic acids is 1. The quantitative estimate of drug-likeness (QED) is 0.528. The summed E-state index contributed by atoms with van der Waals surface area (Å²) in [5.41, 5.74) is 0. The first-order valence-electron chi connectivity index (χ1n) is 10.4. The highest BCUT2D eigenvalue weighted by molar-refractivity contribution is 6.32. The summed E-state index contributed by atoms with van der Waals surface area (Å²) in [6, 6.07) is 4.05. The maximum Gasteiger partial charge on any atom is 0.219 e. The summed E-state index contributed by atoms with van der Waals surface area (Å²) in [6.45, 7) is 11.4. The number of guanidine groups is 1. The lowest BCUT2D eigenvalue weighted by Crippen LogP contribution is -2.49. The number of aliphatic imine (C=N–C) groups is 1. The average molecular weight is 422 g/mol. The molecule has 3 rings (SSSR count). The molecule has 2 N–H and O–H groups in total. The van der Waals surface area contributed by atoms with Crippen LogP contribution >= 0.6 is 11.6 Å². The van der Waals surface area contributed by atoms with Gasteiger partial charge < -0.3 is 20.4 Å². The number of piperazine rings is 1. The van der Waals surface area contributed by atoms with Gasteiger partial charge in [0.2, 0.25) is 5.91 Å². The van der Waals surface area contributed by atoms with Crippen molar-refractivity contribution in [1.29, 1.82) is 0 Å². The molecule has 2 saturated heterocycles. The van der Waals surface area contributed by atoms with Gasteiger partial charge in [-0.3, -0.25) is 14.7 Å². The molecule has 1 aromatic heterocycles. The smallest absolute Gasteiger partial charge is 0.219 e. The first-order valence-corrected chi connectivity index (χ1v) is 10.8. The molecule has 0 aromatic carbocycles. The summed E-state index contributed by atoms with van der Waals surface area (Å²) in [6.07, 6.45) is 2.80. The number of anilines is 1. The van der Waals surface area contributed by atoms with E-state index in [4.69, 9.17) is 16.6 Å². The fourth-order valence-corrected chi connectivity index (χ4v) is 4.02. The SMILES string of the molecule is CCNC(=NCCN1CCN(C(C)=O)CC1)NC1CCN(c2ncccc2Cl)C1. The van der Waals surface area contributed by atoms with Crippen LogP contribution in [0.4, 0.5) is 5.82 Å². The molecule has 1 aromatic rings. The van der Waals surface area contributed by atoms with Gasteiger partial charge in [0, 0.05) is 71.5 Å². The van der Waals surface area contributed by atoms with E-state index in [1.54, 1.807) is 13.1 Å². The van der Waals surface area contributed by atoms with Crippen molar-refractivity contribution in [2.45, 2.75) is 26.3 Å². The summed E-state index contributed by atoms with van der Waals surface area (Å²) in [4.78, 5) is 27.1. The van der Waals surface area contributed by atoms with E-state index in [1.807, 2.05) is 17.0 Å². The van der Waals surface area contributed by atoms with Gasteiger partial charge in [0.25, 0.3) is 0 Å². The molecule has 1 atom stereocenters. The first-order chi connectivity index (χ1) is 14.1. The lowest BCUT2D eigenvalue weighted by Gasteiger charge is -2.33. The van der Waals surface area contributed by atoms with E-state index in [-0.39, 0.29) is 5.91 Å². The second-order valence-electron chi connectivity index (χ2n) is 7.49. The first kappa shape index (κ1) is 21.6. The van der Waals surface area contributed by atoms with Crippen molar-refractivity contribution in [3.05, 3.63) is 23.4 Å². The van der Waals surface area contributed by atoms with Crippen molar-refractivity contribution in [3.63, 3.8) is 0 Å². The molecule has 2 aliphatic rings. The van der Waals surface area contributed by atoms with E-state index >= 15 is 0 Å². The minimum atomic E-state index is 0.166. The van der Waals surface area contributed by atoms with Crippen LogP contribution in [0, 0.1) is 0 Å². The predicted molar refractivity (Wildman–Crippen MR) is 118 cm³/mol. The van der Waals surface area contributed by atoms with Crippen molar-refractivity contribution in [3.8, 4) is 0 Å². The third-order valence-corrected chi connectivity index (χ3v) is 5.71. The Bertz CT molecular complexity index is 706. The Hall–Kier alpha value is -2.06. The monoisotopic (exact) mass is 421 g/mol. The second kappa shape index (κ2) is 10.6. The maximum atomic E-state index is 11.4.